The van der Waals surface area contributed by atoms with Gasteiger partial charge in [0, 0.05) is 11.6 Å². The van der Waals surface area contributed by atoms with Gasteiger partial charge >= 0.3 is 12.1 Å². The molecule has 0 saturated heterocycles. The summed E-state index contributed by atoms with van der Waals surface area (Å²) in [7, 11) is 0. The van der Waals surface area contributed by atoms with E-state index >= 15 is 0 Å². The summed E-state index contributed by atoms with van der Waals surface area (Å²) in [6, 6.07) is 12.8. The first-order valence-corrected chi connectivity index (χ1v) is 8.81. The lowest BCUT2D eigenvalue weighted by atomic mass is 10.2. The lowest BCUT2D eigenvalue weighted by Crippen LogP contribution is -2.29. The van der Waals surface area contributed by atoms with E-state index in [0.717, 1.165) is 4.57 Å². The first-order chi connectivity index (χ1) is 13.8. The number of alkyl halides is 3. The number of halogens is 4. The van der Waals surface area contributed by atoms with Crippen LogP contribution in [0.15, 0.2) is 48.5 Å². The molecule has 0 saturated carbocycles. The summed E-state index contributed by atoms with van der Waals surface area (Å²) in [4.78, 5) is 27.4. The standard InChI is InChI=1S/C19H15ClF3N3O3/c20-13-6-2-1-5-12(13)9-24-16(27)11-29-17(28)10-26-15-8-4-3-7-14(15)25-18(26)19(21,22)23/h1-8H,9-11H2,(H,24,27). The van der Waals surface area contributed by atoms with Crippen molar-refractivity contribution in [2.75, 3.05) is 6.61 Å². The van der Waals surface area contributed by atoms with Gasteiger partial charge in [-0.25, -0.2) is 4.98 Å². The third kappa shape index (κ3) is 5.05. The van der Waals surface area contributed by atoms with Gasteiger partial charge in [0.2, 0.25) is 5.82 Å². The van der Waals surface area contributed by atoms with Crippen molar-refractivity contribution in [3.8, 4) is 0 Å². The zero-order chi connectivity index (χ0) is 21.0. The van der Waals surface area contributed by atoms with Gasteiger partial charge < -0.3 is 14.6 Å². The first-order valence-electron chi connectivity index (χ1n) is 8.44. The lowest BCUT2D eigenvalue weighted by molar-refractivity contribution is -0.153. The highest BCUT2D eigenvalue weighted by atomic mass is 35.5. The highest BCUT2D eigenvalue weighted by Gasteiger charge is 2.38. The van der Waals surface area contributed by atoms with E-state index in [0.29, 0.717) is 10.6 Å². The van der Waals surface area contributed by atoms with E-state index in [4.69, 9.17) is 16.3 Å². The van der Waals surface area contributed by atoms with Crippen LogP contribution in [0.2, 0.25) is 5.02 Å². The molecule has 0 bridgehead atoms. The van der Waals surface area contributed by atoms with Crippen LogP contribution < -0.4 is 5.32 Å². The number of aromatic nitrogens is 2. The van der Waals surface area contributed by atoms with Crippen LogP contribution in [0.5, 0.6) is 0 Å². The number of rotatable bonds is 6. The number of nitrogens with one attached hydrogen (secondary N) is 1. The smallest absolute Gasteiger partial charge is 0.449 e. The number of esters is 1. The number of hydrogen-bond donors (Lipinski definition) is 1. The summed E-state index contributed by atoms with van der Waals surface area (Å²) < 4.78 is 45.2. The average Bonchev–Trinajstić information content (AvgIpc) is 3.05. The Balaban J connectivity index is 1.61. The molecule has 1 heterocycles. The van der Waals surface area contributed by atoms with Crippen molar-refractivity contribution in [1.29, 1.82) is 0 Å². The summed E-state index contributed by atoms with van der Waals surface area (Å²) in [5, 5.41) is 2.99. The maximum Gasteiger partial charge on any atom is 0.449 e. The van der Waals surface area contributed by atoms with Crippen LogP contribution >= 0.6 is 11.6 Å². The molecule has 0 fully saturated rings. The Hall–Kier alpha value is -3.07. The van der Waals surface area contributed by atoms with Crippen molar-refractivity contribution < 1.29 is 27.5 Å². The number of carbonyl (C=O) groups is 2. The Bertz CT molecular complexity index is 1050. The zero-order valence-corrected chi connectivity index (χ0v) is 15.6. The second-order valence-corrected chi connectivity index (χ2v) is 6.44. The van der Waals surface area contributed by atoms with Crippen molar-refractivity contribution in [2.45, 2.75) is 19.3 Å². The van der Waals surface area contributed by atoms with E-state index in [1.165, 1.54) is 18.2 Å². The van der Waals surface area contributed by atoms with Gasteiger partial charge in [-0.2, -0.15) is 13.2 Å². The van der Waals surface area contributed by atoms with Crippen molar-refractivity contribution in [3.05, 3.63) is 64.9 Å². The minimum atomic E-state index is -4.74. The molecule has 0 aliphatic heterocycles. The van der Waals surface area contributed by atoms with E-state index in [-0.39, 0.29) is 17.6 Å². The van der Waals surface area contributed by atoms with Crippen LogP contribution in [0.1, 0.15) is 11.4 Å². The molecule has 0 aliphatic carbocycles. The molecule has 0 radical (unpaired) electrons. The predicted octanol–water partition coefficient (Wildman–Crippen LogP) is 3.57. The monoisotopic (exact) mass is 425 g/mol. The van der Waals surface area contributed by atoms with Gasteiger partial charge in [-0.05, 0) is 23.8 Å². The van der Waals surface area contributed by atoms with Crippen LogP contribution in [0, 0.1) is 0 Å². The van der Waals surface area contributed by atoms with Gasteiger partial charge in [-0.1, -0.05) is 41.9 Å². The summed E-state index contributed by atoms with van der Waals surface area (Å²) >= 11 is 5.98. The molecule has 152 valence electrons. The van der Waals surface area contributed by atoms with Crippen LogP contribution in [0.4, 0.5) is 13.2 Å². The number of ether oxygens (including phenoxy) is 1. The Kier molecular flexibility index (Phi) is 6.07. The molecule has 0 aliphatic rings. The van der Waals surface area contributed by atoms with E-state index < -0.39 is 37.0 Å². The summed E-state index contributed by atoms with van der Waals surface area (Å²) in [5.41, 5.74) is 0.915. The molecular formula is C19H15ClF3N3O3. The number of imidazole rings is 1. The van der Waals surface area contributed by atoms with Gasteiger partial charge in [0.05, 0.1) is 11.0 Å². The zero-order valence-electron chi connectivity index (χ0n) is 14.9. The average molecular weight is 426 g/mol. The molecule has 0 spiro atoms. The highest BCUT2D eigenvalue weighted by Crippen LogP contribution is 2.31. The van der Waals surface area contributed by atoms with Crippen molar-refractivity contribution in [2.24, 2.45) is 0 Å². The molecule has 0 atom stereocenters. The quantitative estimate of drug-likeness (QED) is 0.613. The topological polar surface area (TPSA) is 73.2 Å². The summed E-state index contributed by atoms with van der Waals surface area (Å²) in [6.07, 6.45) is -4.74. The minimum Gasteiger partial charge on any atom is -0.454 e. The molecule has 1 N–H and O–H groups in total. The van der Waals surface area contributed by atoms with E-state index in [1.54, 1.807) is 30.3 Å². The third-order valence-electron chi connectivity index (χ3n) is 3.99. The molecule has 6 nitrogen and oxygen atoms in total. The van der Waals surface area contributed by atoms with E-state index in [2.05, 4.69) is 10.3 Å². The summed E-state index contributed by atoms with van der Waals surface area (Å²) in [6.45, 7) is -1.23. The van der Waals surface area contributed by atoms with Gasteiger partial charge in [0.15, 0.2) is 6.61 Å². The number of carbonyl (C=O) groups excluding carboxylic acids is 2. The fraction of sp³-hybridized carbons (Fsp3) is 0.211. The van der Waals surface area contributed by atoms with Crippen molar-refractivity contribution in [3.63, 3.8) is 0 Å². The number of fused-ring (bicyclic) bond motifs is 1. The van der Waals surface area contributed by atoms with Crippen LogP contribution in [0.25, 0.3) is 11.0 Å². The van der Waals surface area contributed by atoms with Crippen molar-refractivity contribution >= 4 is 34.5 Å². The van der Waals surface area contributed by atoms with Crippen LogP contribution in [-0.4, -0.2) is 28.0 Å². The van der Waals surface area contributed by atoms with Gasteiger partial charge in [-0.3, -0.25) is 9.59 Å². The Morgan fingerprint density at radius 1 is 1.10 bits per heavy atom. The largest absolute Gasteiger partial charge is 0.454 e. The van der Waals surface area contributed by atoms with Crippen LogP contribution in [-0.2, 0) is 33.6 Å². The Morgan fingerprint density at radius 3 is 2.52 bits per heavy atom. The predicted molar refractivity (Wildman–Crippen MR) is 99.0 cm³/mol. The second kappa shape index (κ2) is 8.52. The molecule has 1 aromatic heterocycles. The highest BCUT2D eigenvalue weighted by molar-refractivity contribution is 6.31. The fourth-order valence-corrected chi connectivity index (χ4v) is 2.86. The van der Waals surface area contributed by atoms with Crippen molar-refractivity contribution in [1.82, 2.24) is 14.9 Å². The first kappa shape index (κ1) is 20.7. The second-order valence-electron chi connectivity index (χ2n) is 6.04. The van der Waals surface area contributed by atoms with Gasteiger partial charge in [-0.15, -0.1) is 0 Å². The number of amides is 1. The number of hydrogen-bond acceptors (Lipinski definition) is 4. The van der Waals surface area contributed by atoms with E-state index in [1.807, 2.05) is 0 Å². The Morgan fingerprint density at radius 2 is 1.79 bits per heavy atom. The normalized spacial score (nSPS) is 11.4. The fourth-order valence-electron chi connectivity index (χ4n) is 2.66. The number of nitrogens with zero attached hydrogens (tertiary/aromatic N) is 2. The minimum absolute atomic E-state index is 0.102. The Labute approximate surface area is 168 Å². The molecule has 2 aromatic carbocycles. The van der Waals surface area contributed by atoms with Gasteiger partial charge in [0.1, 0.15) is 6.54 Å². The SMILES string of the molecule is O=C(COC(=O)Cn1c(C(F)(F)F)nc2ccccc21)NCc1ccccc1Cl. The maximum absolute atomic E-state index is 13.2. The van der Waals surface area contributed by atoms with E-state index in [9.17, 15) is 22.8 Å². The van der Waals surface area contributed by atoms with Gasteiger partial charge in [0.25, 0.3) is 5.91 Å². The molecule has 29 heavy (non-hydrogen) atoms. The molecule has 3 rings (SSSR count). The molecular weight excluding hydrogens is 411 g/mol. The molecule has 10 heteroatoms. The molecule has 3 aromatic rings. The summed E-state index contributed by atoms with van der Waals surface area (Å²) in [5.74, 6) is -2.81. The number of benzene rings is 2. The third-order valence-corrected chi connectivity index (χ3v) is 4.36. The molecule has 1 amide bonds. The number of para-hydroxylation sites is 2. The van der Waals surface area contributed by atoms with Crippen LogP contribution in [0.3, 0.4) is 0 Å². The lowest BCUT2D eigenvalue weighted by Gasteiger charge is -2.11. The molecule has 0 unspecified atom stereocenters. The maximum atomic E-state index is 13.2.